The summed E-state index contributed by atoms with van der Waals surface area (Å²) in [5.74, 6) is -0.0270. The first-order chi connectivity index (χ1) is 10.2. The zero-order valence-corrected chi connectivity index (χ0v) is 12.5. The van der Waals surface area contributed by atoms with Crippen LogP contribution in [-0.4, -0.2) is 44.4 Å². The molecule has 0 saturated carbocycles. The minimum absolute atomic E-state index is 0.0270. The van der Waals surface area contributed by atoms with Crippen molar-refractivity contribution in [1.82, 2.24) is 10.6 Å². The molecule has 1 aliphatic rings. The Kier molecular flexibility index (Phi) is 5.73. The van der Waals surface area contributed by atoms with Crippen LogP contribution >= 0.6 is 0 Å². The quantitative estimate of drug-likeness (QED) is 0.727. The van der Waals surface area contributed by atoms with Crippen molar-refractivity contribution >= 4 is 5.91 Å². The molecule has 2 rings (SSSR count). The fourth-order valence-corrected chi connectivity index (χ4v) is 2.79. The summed E-state index contributed by atoms with van der Waals surface area (Å²) in [5, 5.41) is 16.3. The highest BCUT2D eigenvalue weighted by Crippen LogP contribution is 2.29. The van der Waals surface area contributed by atoms with E-state index in [0.29, 0.717) is 6.61 Å². The molecule has 1 fully saturated rings. The van der Waals surface area contributed by atoms with Gasteiger partial charge < -0.3 is 20.5 Å². The molecule has 21 heavy (non-hydrogen) atoms. The maximum atomic E-state index is 12.5. The zero-order chi connectivity index (χ0) is 15.1. The van der Waals surface area contributed by atoms with Crippen LogP contribution in [0.25, 0.3) is 0 Å². The second-order valence-corrected chi connectivity index (χ2v) is 5.60. The van der Waals surface area contributed by atoms with Gasteiger partial charge in [0.15, 0.2) is 0 Å². The van der Waals surface area contributed by atoms with Crippen LogP contribution in [0.1, 0.15) is 24.5 Å². The second-order valence-electron chi connectivity index (χ2n) is 5.60. The van der Waals surface area contributed by atoms with Crippen LogP contribution in [0.5, 0.6) is 0 Å². The van der Waals surface area contributed by atoms with E-state index in [4.69, 9.17) is 4.74 Å². The molecule has 5 nitrogen and oxygen atoms in total. The predicted molar refractivity (Wildman–Crippen MR) is 80.8 cm³/mol. The molecule has 5 heteroatoms. The summed E-state index contributed by atoms with van der Waals surface area (Å²) >= 11 is 0. The smallest absolute Gasteiger partial charge is 0.228 e. The van der Waals surface area contributed by atoms with Gasteiger partial charge in [-0.25, -0.2) is 0 Å². The number of ether oxygens (including phenoxy) is 1. The number of carbonyl (C=O) groups is 1. The molecule has 1 amide bonds. The number of rotatable bonds is 6. The number of amides is 1. The number of hydrogen-bond acceptors (Lipinski definition) is 4. The van der Waals surface area contributed by atoms with Gasteiger partial charge in [0.05, 0.1) is 18.1 Å². The van der Waals surface area contributed by atoms with Crippen molar-refractivity contribution in [2.24, 2.45) is 5.41 Å². The van der Waals surface area contributed by atoms with Crippen molar-refractivity contribution in [3.05, 3.63) is 35.9 Å². The summed E-state index contributed by atoms with van der Waals surface area (Å²) in [6.45, 7) is 2.28. The van der Waals surface area contributed by atoms with Gasteiger partial charge in [-0.3, -0.25) is 4.79 Å². The highest BCUT2D eigenvalue weighted by Gasteiger charge is 2.39. The van der Waals surface area contributed by atoms with E-state index < -0.39 is 11.5 Å². The fraction of sp³-hybridized carbons (Fsp3) is 0.562. The van der Waals surface area contributed by atoms with E-state index in [1.54, 1.807) is 7.11 Å². The predicted octanol–water partition coefficient (Wildman–Crippen LogP) is 0.852. The SMILES string of the molecule is COCC1(C(=O)NCC(O)c2ccccc2)CCNCC1. The number of aliphatic hydroxyl groups excluding tert-OH is 1. The van der Waals surface area contributed by atoms with Gasteiger partial charge in [0.25, 0.3) is 0 Å². The highest BCUT2D eigenvalue weighted by molar-refractivity contribution is 5.83. The molecule has 1 saturated heterocycles. The molecule has 116 valence electrons. The van der Waals surface area contributed by atoms with Crippen LogP contribution in [0, 0.1) is 5.41 Å². The summed E-state index contributed by atoms with van der Waals surface area (Å²) in [5.41, 5.74) is 0.333. The van der Waals surface area contributed by atoms with E-state index in [1.165, 1.54) is 0 Å². The van der Waals surface area contributed by atoms with Crippen molar-refractivity contribution in [2.45, 2.75) is 18.9 Å². The molecular weight excluding hydrogens is 268 g/mol. The Morgan fingerprint density at radius 3 is 2.67 bits per heavy atom. The Bertz CT molecular complexity index is 439. The molecule has 1 atom stereocenters. The van der Waals surface area contributed by atoms with Crippen LogP contribution in [0.2, 0.25) is 0 Å². The van der Waals surface area contributed by atoms with E-state index >= 15 is 0 Å². The van der Waals surface area contributed by atoms with Crippen LogP contribution in [0.3, 0.4) is 0 Å². The van der Waals surface area contributed by atoms with Gasteiger partial charge in [0, 0.05) is 13.7 Å². The van der Waals surface area contributed by atoms with E-state index in [-0.39, 0.29) is 12.5 Å². The number of benzene rings is 1. The number of nitrogens with one attached hydrogen (secondary N) is 2. The molecule has 3 N–H and O–H groups in total. The van der Waals surface area contributed by atoms with Crippen molar-refractivity contribution in [1.29, 1.82) is 0 Å². The van der Waals surface area contributed by atoms with Crippen LogP contribution in [-0.2, 0) is 9.53 Å². The van der Waals surface area contributed by atoms with Crippen LogP contribution in [0.4, 0.5) is 0 Å². The van der Waals surface area contributed by atoms with Crippen molar-refractivity contribution in [2.75, 3.05) is 33.4 Å². The molecule has 1 heterocycles. The van der Waals surface area contributed by atoms with Gasteiger partial charge in [0.2, 0.25) is 5.91 Å². The molecule has 0 bridgehead atoms. The molecule has 1 unspecified atom stereocenters. The monoisotopic (exact) mass is 292 g/mol. The van der Waals surface area contributed by atoms with Crippen molar-refractivity contribution < 1.29 is 14.6 Å². The average molecular weight is 292 g/mol. The summed E-state index contributed by atoms with van der Waals surface area (Å²) in [6.07, 6.45) is 0.832. The topological polar surface area (TPSA) is 70.6 Å². The Morgan fingerprint density at radius 1 is 1.38 bits per heavy atom. The van der Waals surface area contributed by atoms with E-state index in [9.17, 15) is 9.90 Å². The molecule has 0 radical (unpaired) electrons. The van der Waals surface area contributed by atoms with Gasteiger partial charge in [-0.1, -0.05) is 30.3 Å². The number of hydrogen-bond donors (Lipinski definition) is 3. The van der Waals surface area contributed by atoms with Crippen molar-refractivity contribution in [3.8, 4) is 0 Å². The minimum atomic E-state index is -0.684. The fourth-order valence-electron chi connectivity index (χ4n) is 2.79. The standard InChI is InChI=1S/C16H24N2O3/c1-21-12-16(7-9-17-10-8-16)15(20)18-11-14(19)13-5-3-2-4-6-13/h2-6,14,17,19H,7-12H2,1H3,(H,18,20). The number of methoxy groups -OCH3 is 1. The van der Waals surface area contributed by atoms with Crippen molar-refractivity contribution in [3.63, 3.8) is 0 Å². The second kappa shape index (κ2) is 7.54. The normalized spacial score (nSPS) is 19.0. The van der Waals surface area contributed by atoms with Crippen LogP contribution < -0.4 is 10.6 Å². The van der Waals surface area contributed by atoms with E-state index in [0.717, 1.165) is 31.5 Å². The lowest BCUT2D eigenvalue weighted by Gasteiger charge is -2.35. The third-order valence-corrected chi connectivity index (χ3v) is 4.10. The molecular formula is C16H24N2O3. The minimum Gasteiger partial charge on any atom is -0.387 e. The summed E-state index contributed by atoms with van der Waals surface area (Å²) < 4.78 is 5.25. The first-order valence-electron chi connectivity index (χ1n) is 7.39. The first kappa shape index (κ1) is 15.9. The molecule has 0 spiro atoms. The number of carbonyl (C=O) groups excluding carboxylic acids is 1. The first-order valence-corrected chi connectivity index (χ1v) is 7.39. The Balaban J connectivity index is 1.93. The third-order valence-electron chi connectivity index (χ3n) is 4.10. The van der Waals surface area contributed by atoms with E-state index in [2.05, 4.69) is 10.6 Å². The molecule has 0 aliphatic carbocycles. The lowest BCUT2D eigenvalue weighted by atomic mass is 9.78. The van der Waals surface area contributed by atoms with Gasteiger partial charge in [-0.05, 0) is 31.5 Å². The molecule has 1 aliphatic heterocycles. The lowest BCUT2D eigenvalue weighted by molar-refractivity contribution is -0.136. The molecule has 1 aromatic carbocycles. The number of piperidine rings is 1. The maximum Gasteiger partial charge on any atom is 0.228 e. The highest BCUT2D eigenvalue weighted by atomic mass is 16.5. The summed E-state index contributed by atoms with van der Waals surface area (Å²) in [4.78, 5) is 12.5. The van der Waals surface area contributed by atoms with Gasteiger partial charge in [-0.2, -0.15) is 0 Å². The van der Waals surface area contributed by atoms with Crippen LogP contribution in [0.15, 0.2) is 30.3 Å². The zero-order valence-electron chi connectivity index (χ0n) is 12.5. The molecule has 0 aromatic heterocycles. The summed E-state index contributed by atoms with van der Waals surface area (Å²) in [7, 11) is 1.62. The largest absolute Gasteiger partial charge is 0.387 e. The van der Waals surface area contributed by atoms with Gasteiger partial charge >= 0.3 is 0 Å². The van der Waals surface area contributed by atoms with Gasteiger partial charge in [-0.15, -0.1) is 0 Å². The molecule has 1 aromatic rings. The summed E-state index contributed by atoms with van der Waals surface area (Å²) in [6, 6.07) is 9.36. The third kappa shape index (κ3) is 4.03. The maximum absolute atomic E-state index is 12.5. The van der Waals surface area contributed by atoms with E-state index in [1.807, 2.05) is 30.3 Å². The Labute approximate surface area is 125 Å². The lowest BCUT2D eigenvalue weighted by Crippen LogP contribution is -2.50. The van der Waals surface area contributed by atoms with Gasteiger partial charge in [0.1, 0.15) is 0 Å². The average Bonchev–Trinajstić information content (AvgIpc) is 2.54. The Hall–Kier alpha value is -1.43. The Morgan fingerprint density at radius 2 is 2.05 bits per heavy atom. The number of aliphatic hydroxyl groups is 1.